The minimum absolute atomic E-state index is 0.0192. The Bertz CT molecular complexity index is 534. The summed E-state index contributed by atoms with van der Waals surface area (Å²) in [6.07, 6.45) is 5.97. The first kappa shape index (κ1) is 15.4. The molecule has 0 aromatic carbocycles. The van der Waals surface area contributed by atoms with Crippen LogP contribution in [-0.4, -0.2) is 58.3 Å². The maximum absolute atomic E-state index is 12.2. The van der Waals surface area contributed by atoms with E-state index in [1.165, 1.54) is 11.3 Å². The van der Waals surface area contributed by atoms with Crippen molar-refractivity contribution >= 4 is 28.3 Å². The van der Waals surface area contributed by atoms with Gasteiger partial charge < -0.3 is 10.2 Å². The third kappa shape index (κ3) is 3.30. The van der Waals surface area contributed by atoms with Gasteiger partial charge in [-0.05, 0) is 32.2 Å². The number of amides is 2. The van der Waals surface area contributed by atoms with E-state index in [-0.39, 0.29) is 17.9 Å². The molecular formula is C15H22N4O2S. The lowest BCUT2D eigenvalue weighted by Crippen LogP contribution is -2.49. The van der Waals surface area contributed by atoms with E-state index >= 15 is 0 Å². The Hall–Kier alpha value is -1.47. The molecule has 0 radical (unpaired) electrons. The number of nitrogens with one attached hydrogen (secondary N) is 1. The maximum Gasteiger partial charge on any atom is 0.240 e. The fourth-order valence-corrected chi connectivity index (χ4v) is 4.24. The van der Waals surface area contributed by atoms with Crippen molar-refractivity contribution in [2.75, 3.05) is 25.0 Å². The predicted molar refractivity (Wildman–Crippen MR) is 85.7 cm³/mol. The molecular weight excluding hydrogens is 300 g/mol. The average Bonchev–Trinajstić information content (AvgIpc) is 3.17. The first-order valence-corrected chi connectivity index (χ1v) is 8.73. The molecule has 120 valence electrons. The summed E-state index contributed by atoms with van der Waals surface area (Å²) in [5.74, 6) is 0.135. The van der Waals surface area contributed by atoms with Crippen LogP contribution in [0.15, 0.2) is 11.6 Å². The Morgan fingerprint density at radius 3 is 2.82 bits per heavy atom. The number of anilines is 1. The van der Waals surface area contributed by atoms with Crippen molar-refractivity contribution in [1.29, 1.82) is 0 Å². The minimum Gasteiger partial charge on any atom is -0.338 e. The number of hydrogen-bond donors (Lipinski definition) is 1. The second-order valence-electron chi connectivity index (χ2n) is 5.99. The van der Waals surface area contributed by atoms with Crippen LogP contribution >= 0.6 is 11.3 Å². The van der Waals surface area contributed by atoms with Gasteiger partial charge in [-0.3, -0.25) is 14.5 Å². The van der Waals surface area contributed by atoms with Crippen molar-refractivity contribution in [3.63, 3.8) is 0 Å². The molecule has 3 rings (SSSR count). The molecule has 0 bridgehead atoms. The SMILES string of the molecule is CC(=O)N1CCC[C@@H]1[C@@H]1CCCN1CC(=O)Nc1nccs1. The largest absolute Gasteiger partial charge is 0.338 e. The number of hydrogen-bond acceptors (Lipinski definition) is 5. The Labute approximate surface area is 134 Å². The Morgan fingerprint density at radius 1 is 1.32 bits per heavy atom. The van der Waals surface area contributed by atoms with Gasteiger partial charge in [-0.2, -0.15) is 0 Å². The molecule has 0 unspecified atom stereocenters. The second-order valence-corrected chi connectivity index (χ2v) is 6.88. The number of carbonyl (C=O) groups excluding carboxylic acids is 2. The van der Waals surface area contributed by atoms with E-state index in [1.54, 1.807) is 13.1 Å². The summed E-state index contributed by atoms with van der Waals surface area (Å²) in [6.45, 7) is 3.81. The summed E-state index contributed by atoms with van der Waals surface area (Å²) in [5, 5.41) is 5.33. The van der Waals surface area contributed by atoms with E-state index < -0.39 is 0 Å². The third-order valence-corrected chi connectivity index (χ3v) is 5.28. The molecule has 0 spiro atoms. The van der Waals surface area contributed by atoms with Crippen molar-refractivity contribution in [2.45, 2.75) is 44.7 Å². The van der Waals surface area contributed by atoms with Crippen molar-refractivity contribution in [3.05, 3.63) is 11.6 Å². The number of nitrogens with zero attached hydrogens (tertiary/aromatic N) is 3. The molecule has 1 N–H and O–H groups in total. The highest BCUT2D eigenvalue weighted by molar-refractivity contribution is 7.13. The first-order valence-electron chi connectivity index (χ1n) is 7.86. The van der Waals surface area contributed by atoms with Crippen molar-refractivity contribution < 1.29 is 9.59 Å². The van der Waals surface area contributed by atoms with Crippen molar-refractivity contribution in [3.8, 4) is 0 Å². The highest BCUT2D eigenvalue weighted by Gasteiger charge is 2.39. The molecule has 0 saturated carbocycles. The summed E-state index contributed by atoms with van der Waals surface area (Å²) in [6, 6.07) is 0.584. The van der Waals surface area contributed by atoms with Gasteiger partial charge in [0, 0.05) is 37.1 Å². The molecule has 2 aliphatic rings. The van der Waals surface area contributed by atoms with Crippen molar-refractivity contribution in [1.82, 2.24) is 14.8 Å². The molecule has 2 aliphatic heterocycles. The smallest absolute Gasteiger partial charge is 0.240 e. The van der Waals surface area contributed by atoms with Crippen molar-refractivity contribution in [2.24, 2.45) is 0 Å². The van der Waals surface area contributed by atoms with Gasteiger partial charge >= 0.3 is 0 Å². The quantitative estimate of drug-likeness (QED) is 0.913. The number of thiazole rings is 1. The Balaban J connectivity index is 1.60. The van der Waals surface area contributed by atoms with E-state index in [0.29, 0.717) is 17.7 Å². The van der Waals surface area contributed by atoms with E-state index in [1.807, 2.05) is 10.3 Å². The molecule has 7 heteroatoms. The van der Waals surface area contributed by atoms with Crippen LogP contribution < -0.4 is 5.32 Å². The Morgan fingerprint density at radius 2 is 2.09 bits per heavy atom. The van der Waals surface area contributed by atoms with Gasteiger partial charge in [0.1, 0.15) is 0 Å². The summed E-state index contributed by atoms with van der Waals surface area (Å²) in [4.78, 5) is 32.2. The van der Waals surface area contributed by atoms with Crippen LogP contribution in [0.5, 0.6) is 0 Å². The van der Waals surface area contributed by atoms with Crippen LogP contribution in [-0.2, 0) is 9.59 Å². The fraction of sp³-hybridized carbons (Fsp3) is 0.667. The van der Waals surface area contributed by atoms with Gasteiger partial charge in [0.05, 0.1) is 6.54 Å². The Kier molecular flexibility index (Phi) is 4.73. The zero-order valence-corrected chi connectivity index (χ0v) is 13.6. The zero-order valence-electron chi connectivity index (χ0n) is 12.8. The molecule has 0 aliphatic carbocycles. The average molecular weight is 322 g/mol. The number of likely N-dealkylation sites (tertiary alicyclic amines) is 2. The summed E-state index contributed by atoms with van der Waals surface area (Å²) < 4.78 is 0. The van der Waals surface area contributed by atoms with Gasteiger partial charge in [-0.15, -0.1) is 11.3 Å². The molecule has 3 heterocycles. The topological polar surface area (TPSA) is 65.5 Å². The van der Waals surface area contributed by atoms with Crippen LogP contribution in [0.1, 0.15) is 32.6 Å². The molecule has 2 atom stereocenters. The standard InChI is InChI=1S/C15H22N4O2S/c1-11(20)19-8-3-5-13(19)12-4-2-7-18(12)10-14(21)17-15-16-6-9-22-15/h6,9,12-13H,2-5,7-8,10H2,1H3,(H,16,17,21)/t12-,13+/m0/s1. The van der Waals surface area contributed by atoms with Gasteiger partial charge in [-0.25, -0.2) is 4.98 Å². The van der Waals surface area contributed by atoms with Crippen LogP contribution in [0.4, 0.5) is 5.13 Å². The van der Waals surface area contributed by atoms with E-state index in [0.717, 1.165) is 38.8 Å². The molecule has 2 amide bonds. The summed E-state index contributed by atoms with van der Waals surface area (Å²) in [7, 11) is 0. The van der Waals surface area contributed by atoms with Gasteiger partial charge in [-0.1, -0.05) is 0 Å². The fourth-order valence-electron chi connectivity index (χ4n) is 3.70. The summed E-state index contributed by atoms with van der Waals surface area (Å²) >= 11 is 1.43. The van der Waals surface area contributed by atoms with Gasteiger partial charge in [0.2, 0.25) is 11.8 Å². The van der Waals surface area contributed by atoms with Crippen LogP contribution in [0.25, 0.3) is 0 Å². The zero-order chi connectivity index (χ0) is 15.5. The van der Waals surface area contributed by atoms with E-state index in [2.05, 4.69) is 15.2 Å². The second kappa shape index (κ2) is 6.75. The lowest BCUT2D eigenvalue weighted by atomic mass is 10.0. The monoisotopic (exact) mass is 322 g/mol. The number of aromatic nitrogens is 1. The number of rotatable bonds is 4. The summed E-state index contributed by atoms with van der Waals surface area (Å²) in [5.41, 5.74) is 0. The predicted octanol–water partition coefficient (Wildman–Crippen LogP) is 1.56. The third-order valence-electron chi connectivity index (χ3n) is 4.59. The van der Waals surface area contributed by atoms with E-state index in [9.17, 15) is 9.59 Å². The highest BCUT2D eigenvalue weighted by Crippen LogP contribution is 2.29. The van der Waals surface area contributed by atoms with Crippen LogP contribution in [0.2, 0.25) is 0 Å². The molecule has 2 fully saturated rings. The molecule has 2 saturated heterocycles. The highest BCUT2D eigenvalue weighted by atomic mass is 32.1. The van der Waals surface area contributed by atoms with E-state index in [4.69, 9.17) is 0 Å². The van der Waals surface area contributed by atoms with Crippen LogP contribution in [0.3, 0.4) is 0 Å². The van der Waals surface area contributed by atoms with Crippen LogP contribution in [0, 0.1) is 0 Å². The van der Waals surface area contributed by atoms with Gasteiger partial charge in [0.15, 0.2) is 5.13 Å². The lowest BCUT2D eigenvalue weighted by Gasteiger charge is -2.34. The molecule has 6 nitrogen and oxygen atoms in total. The normalized spacial score (nSPS) is 25.6. The minimum atomic E-state index is -0.0192. The first-order chi connectivity index (χ1) is 10.6. The molecule has 1 aromatic heterocycles. The maximum atomic E-state index is 12.2. The lowest BCUT2D eigenvalue weighted by molar-refractivity contribution is -0.130. The van der Waals surface area contributed by atoms with Gasteiger partial charge in [0.25, 0.3) is 0 Å². The number of carbonyl (C=O) groups is 2. The molecule has 1 aromatic rings. The molecule has 22 heavy (non-hydrogen) atoms.